The lowest BCUT2D eigenvalue weighted by molar-refractivity contribution is 0.0947. The van der Waals surface area contributed by atoms with Gasteiger partial charge in [0.1, 0.15) is 6.33 Å². The third-order valence-corrected chi connectivity index (χ3v) is 5.62. The maximum Gasteiger partial charge on any atom is 0.258 e. The molecule has 166 valence electrons. The van der Waals surface area contributed by atoms with Crippen LogP contribution < -0.4 is 10.2 Å². The fraction of sp³-hybridized carbons (Fsp3) is 0.360. The van der Waals surface area contributed by atoms with Gasteiger partial charge in [0.25, 0.3) is 11.8 Å². The van der Waals surface area contributed by atoms with Crippen molar-refractivity contribution in [3.63, 3.8) is 0 Å². The van der Waals surface area contributed by atoms with Crippen LogP contribution in [0.25, 0.3) is 0 Å². The second-order valence-corrected chi connectivity index (χ2v) is 8.89. The van der Waals surface area contributed by atoms with Gasteiger partial charge >= 0.3 is 0 Å². The molecule has 7 nitrogen and oxygen atoms in total. The predicted octanol–water partition coefficient (Wildman–Crippen LogP) is 4.04. The third-order valence-electron chi connectivity index (χ3n) is 5.62. The molecule has 0 saturated heterocycles. The molecule has 7 heteroatoms. The topological polar surface area (TPSA) is 80.1 Å². The van der Waals surface area contributed by atoms with E-state index in [1.807, 2.05) is 61.0 Å². The van der Waals surface area contributed by atoms with Crippen molar-refractivity contribution in [1.29, 1.82) is 0 Å². The number of nitrogens with one attached hydrogen (secondary N) is 1. The monoisotopic (exact) mass is 431 g/mol. The molecule has 0 saturated carbocycles. The molecule has 1 aliphatic rings. The normalized spacial score (nSPS) is 15.3. The molecule has 32 heavy (non-hydrogen) atoms. The van der Waals surface area contributed by atoms with Crippen molar-refractivity contribution >= 4 is 17.5 Å². The van der Waals surface area contributed by atoms with E-state index in [0.29, 0.717) is 36.0 Å². The van der Waals surface area contributed by atoms with E-state index < -0.39 is 0 Å². The van der Waals surface area contributed by atoms with E-state index in [1.54, 1.807) is 17.3 Å². The average Bonchev–Trinajstić information content (AvgIpc) is 3.42. The Kier molecular flexibility index (Phi) is 6.08. The van der Waals surface area contributed by atoms with Crippen LogP contribution in [0.3, 0.4) is 0 Å². The van der Waals surface area contributed by atoms with Gasteiger partial charge in [-0.2, -0.15) is 5.10 Å². The Bertz CT molecular complexity index is 1120. The van der Waals surface area contributed by atoms with Crippen molar-refractivity contribution in [3.05, 3.63) is 77.4 Å². The Labute approximate surface area is 188 Å². The van der Waals surface area contributed by atoms with E-state index in [1.165, 1.54) is 0 Å². The summed E-state index contributed by atoms with van der Waals surface area (Å²) in [5.41, 5.74) is 2.89. The summed E-state index contributed by atoms with van der Waals surface area (Å²) in [6.45, 7) is 9.25. The minimum atomic E-state index is -0.199. The van der Waals surface area contributed by atoms with Gasteiger partial charge in [-0.3, -0.25) is 14.3 Å². The van der Waals surface area contributed by atoms with Gasteiger partial charge in [-0.15, -0.1) is 0 Å². The van der Waals surface area contributed by atoms with Crippen LogP contribution in [0.2, 0.25) is 0 Å². The molecule has 1 atom stereocenters. The first kappa shape index (κ1) is 21.7. The highest BCUT2D eigenvalue weighted by atomic mass is 16.2. The van der Waals surface area contributed by atoms with Crippen molar-refractivity contribution < 1.29 is 9.59 Å². The van der Waals surface area contributed by atoms with E-state index in [9.17, 15) is 9.59 Å². The summed E-state index contributed by atoms with van der Waals surface area (Å²) in [4.78, 5) is 32.3. The highest BCUT2D eigenvalue weighted by molar-refractivity contribution is 6.08. The summed E-state index contributed by atoms with van der Waals surface area (Å²) in [6.07, 6.45) is 1.72. The highest BCUT2D eigenvalue weighted by Gasteiger charge is 2.36. The van der Waals surface area contributed by atoms with Crippen LogP contribution in [-0.2, 0) is 0 Å². The summed E-state index contributed by atoms with van der Waals surface area (Å²) in [7, 11) is 0. The van der Waals surface area contributed by atoms with Gasteiger partial charge in [-0.25, -0.2) is 4.98 Å². The van der Waals surface area contributed by atoms with Gasteiger partial charge in [-0.1, -0.05) is 32.0 Å². The van der Waals surface area contributed by atoms with E-state index >= 15 is 0 Å². The van der Waals surface area contributed by atoms with Gasteiger partial charge < -0.3 is 10.2 Å². The first-order valence-corrected chi connectivity index (χ1v) is 11.0. The van der Waals surface area contributed by atoms with Crippen molar-refractivity contribution in [1.82, 2.24) is 20.1 Å². The standard InChI is InChI=1S/C25H29N5O2/c1-16(2)13-26-24(31)19-10-11-22-20(12-19)21(23-27-15-30(28-23)17(3)4)14-29(22)25(32)18-8-6-5-7-9-18/h5-12,15-17,21H,13-14H2,1-4H3,(H,26,31). The van der Waals surface area contributed by atoms with Crippen LogP contribution in [0.5, 0.6) is 0 Å². The molecular weight excluding hydrogens is 402 g/mol. The largest absolute Gasteiger partial charge is 0.352 e. The fourth-order valence-corrected chi connectivity index (χ4v) is 3.85. The Hall–Kier alpha value is -3.48. The molecule has 1 unspecified atom stereocenters. The number of nitrogens with zero attached hydrogens (tertiary/aromatic N) is 4. The molecule has 0 fully saturated rings. The third kappa shape index (κ3) is 4.28. The predicted molar refractivity (Wildman–Crippen MR) is 124 cm³/mol. The number of anilines is 1. The van der Waals surface area contributed by atoms with Gasteiger partial charge in [0.15, 0.2) is 5.82 Å². The van der Waals surface area contributed by atoms with Crippen LogP contribution >= 0.6 is 0 Å². The Balaban J connectivity index is 1.72. The molecular formula is C25H29N5O2. The molecule has 0 bridgehead atoms. The molecule has 1 N–H and O–H groups in total. The average molecular weight is 432 g/mol. The quantitative estimate of drug-likeness (QED) is 0.639. The smallest absolute Gasteiger partial charge is 0.258 e. The second-order valence-electron chi connectivity index (χ2n) is 8.89. The molecule has 2 aromatic carbocycles. The van der Waals surface area contributed by atoms with Gasteiger partial charge in [0, 0.05) is 35.9 Å². The molecule has 2 heterocycles. The zero-order valence-corrected chi connectivity index (χ0v) is 18.9. The maximum atomic E-state index is 13.3. The summed E-state index contributed by atoms with van der Waals surface area (Å²) >= 11 is 0. The van der Waals surface area contributed by atoms with Crippen molar-refractivity contribution in [2.45, 2.75) is 39.7 Å². The van der Waals surface area contributed by atoms with Crippen LogP contribution in [0.1, 0.15) is 71.8 Å². The molecule has 2 amide bonds. The molecule has 1 aromatic heterocycles. The van der Waals surface area contributed by atoms with Crippen molar-refractivity contribution in [2.24, 2.45) is 5.92 Å². The number of aromatic nitrogens is 3. The van der Waals surface area contributed by atoms with E-state index in [4.69, 9.17) is 0 Å². The second kappa shape index (κ2) is 8.94. The lowest BCUT2D eigenvalue weighted by Gasteiger charge is -2.18. The van der Waals surface area contributed by atoms with Crippen molar-refractivity contribution in [2.75, 3.05) is 18.0 Å². The van der Waals surface area contributed by atoms with Crippen LogP contribution in [-0.4, -0.2) is 39.7 Å². The molecule has 1 aliphatic heterocycles. The minimum Gasteiger partial charge on any atom is -0.352 e. The Morgan fingerprint density at radius 1 is 1.06 bits per heavy atom. The Morgan fingerprint density at radius 3 is 2.47 bits per heavy atom. The number of carbonyl (C=O) groups excluding carboxylic acids is 2. The minimum absolute atomic E-state index is 0.0744. The summed E-state index contributed by atoms with van der Waals surface area (Å²) in [5, 5.41) is 7.63. The van der Waals surface area contributed by atoms with Gasteiger partial charge in [0.2, 0.25) is 0 Å². The van der Waals surface area contributed by atoms with Gasteiger partial charge in [0.05, 0.1) is 5.92 Å². The lowest BCUT2D eigenvalue weighted by atomic mass is 9.98. The number of benzene rings is 2. The van der Waals surface area contributed by atoms with Crippen LogP contribution in [0, 0.1) is 5.92 Å². The molecule has 3 aromatic rings. The summed E-state index contributed by atoms with van der Waals surface area (Å²) < 4.78 is 1.82. The number of hydrogen-bond acceptors (Lipinski definition) is 4. The summed E-state index contributed by atoms with van der Waals surface area (Å²) in [6, 6.07) is 14.9. The molecule has 0 aliphatic carbocycles. The van der Waals surface area contributed by atoms with Gasteiger partial charge in [-0.05, 0) is 55.7 Å². The lowest BCUT2D eigenvalue weighted by Crippen LogP contribution is -2.30. The zero-order chi connectivity index (χ0) is 22.8. The maximum absolute atomic E-state index is 13.3. The molecule has 4 rings (SSSR count). The molecule has 0 radical (unpaired) electrons. The highest BCUT2D eigenvalue weighted by Crippen LogP contribution is 2.40. The van der Waals surface area contributed by atoms with Crippen LogP contribution in [0.4, 0.5) is 5.69 Å². The van der Waals surface area contributed by atoms with E-state index in [2.05, 4.69) is 29.2 Å². The number of rotatable bonds is 6. The number of fused-ring (bicyclic) bond motifs is 1. The zero-order valence-electron chi connectivity index (χ0n) is 18.9. The first-order valence-electron chi connectivity index (χ1n) is 11.0. The molecule has 0 spiro atoms. The van der Waals surface area contributed by atoms with E-state index in [-0.39, 0.29) is 23.8 Å². The fourth-order valence-electron chi connectivity index (χ4n) is 3.85. The number of hydrogen-bond donors (Lipinski definition) is 1. The van der Waals surface area contributed by atoms with Crippen molar-refractivity contribution in [3.8, 4) is 0 Å². The SMILES string of the molecule is CC(C)CNC(=O)c1ccc2c(c1)C(c1ncn(C(C)C)n1)CN2C(=O)c1ccccc1. The Morgan fingerprint density at radius 2 is 1.81 bits per heavy atom. The first-order chi connectivity index (χ1) is 15.3. The van der Waals surface area contributed by atoms with E-state index in [0.717, 1.165) is 11.3 Å². The van der Waals surface area contributed by atoms with Crippen LogP contribution in [0.15, 0.2) is 54.9 Å². The number of carbonyl (C=O) groups is 2. The number of amides is 2. The summed E-state index contributed by atoms with van der Waals surface area (Å²) in [5.74, 6) is 0.631.